The fourth-order valence-corrected chi connectivity index (χ4v) is 4.31. The Morgan fingerprint density at radius 2 is 1.87 bits per heavy atom. The number of hydrogen-bond acceptors (Lipinski definition) is 6. The van der Waals surface area contributed by atoms with Crippen LogP contribution in [-0.4, -0.2) is 55.5 Å². The van der Waals surface area contributed by atoms with E-state index in [0.29, 0.717) is 42.8 Å². The van der Waals surface area contributed by atoms with Crippen LogP contribution in [0.2, 0.25) is 0 Å². The minimum atomic E-state index is -0.523. The first-order valence-electron chi connectivity index (χ1n) is 10.1. The SMILES string of the molecule is O=C1CC2(CCCN(C(=O)c3ccc(-n4cnnn4)cc3)CC2)Oc2ccccc21. The number of nitrogens with zero attached hydrogens (tertiary/aromatic N) is 5. The lowest BCUT2D eigenvalue weighted by molar-refractivity contribution is 0.0300. The molecule has 1 atom stereocenters. The van der Waals surface area contributed by atoms with Gasteiger partial charge in [-0.2, -0.15) is 0 Å². The highest BCUT2D eigenvalue weighted by Crippen LogP contribution is 2.39. The second kappa shape index (κ2) is 7.37. The molecule has 152 valence electrons. The van der Waals surface area contributed by atoms with Gasteiger partial charge in [-0.1, -0.05) is 12.1 Å². The van der Waals surface area contributed by atoms with Crippen molar-refractivity contribution in [3.05, 3.63) is 66.0 Å². The van der Waals surface area contributed by atoms with Crippen molar-refractivity contribution in [2.75, 3.05) is 13.1 Å². The van der Waals surface area contributed by atoms with Crippen LogP contribution in [0.1, 0.15) is 46.4 Å². The van der Waals surface area contributed by atoms with Gasteiger partial charge in [0.2, 0.25) is 0 Å². The molecule has 5 rings (SSSR count). The van der Waals surface area contributed by atoms with Gasteiger partial charge in [0.15, 0.2) is 5.78 Å². The minimum absolute atomic E-state index is 0.0159. The van der Waals surface area contributed by atoms with E-state index in [0.717, 1.165) is 18.5 Å². The van der Waals surface area contributed by atoms with Crippen molar-refractivity contribution in [3.63, 3.8) is 0 Å². The maximum absolute atomic E-state index is 13.1. The number of hydrogen-bond donors (Lipinski definition) is 0. The monoisotopic (exact) mass is 403 g/mol. The molecule has 1 unspecified atom stereocenters. The number of carbonyl (C=O) groups is 2. The van der Waals surface area contributed by atoms with Crippen LogP contribution in [0.4, 0.5) is 0 Å². The lowest BCUT2D eigenvalue weighted by Gasteiger charge is -2.37. The standard InChI is InChI=1S/C22H21N5O3/c28-19-14-22(30-20-5-2-1-4-18(19)20)10-3-12-26(13-11-22)21(29)16-6-8-17(9-7-16)27-15-23-24-25-27/h1-2,4-9,15H,3,10-14H2. The molecule has 3 heterocycles. The summed E-state index contributed by atoms with van der Waals surface area (Å²) in [7, 11) is 0. The van der Waals surface area contributed by atoms with Gasteiger partial charge in [-0.05, 0) is 59.7 Å². The van der Waals surface area contributed by atoms with Crippen molar-refractivity contribution in [2.24, 2.45) is 0 Å². The summed E-state index contributed by atoms with van der Waals surface area (Å²) in [4.78, 5) is 27.6. The van der Waals surface area contributed by atoms with E-state index in [1.54, 1.807) is 16.8 Å². The van der Waals surface area contributed by atoms with Gasteiger partial charge in [-0.25, -0.2) is 4.68 Å². The minimum Gasteiger partial charge on any atom is -0.486 e. The quantitative estimate of drug-likeness (QED) is 0.654. The molecule has 0 saturated carbocycles. The zero-order valence-electron chi connectivity index (χ0n) is 16.4. The number of fused-ring (bicyclic) bond motifs is 1. The van der Waals surface area contributed by atoms with Crippen molar-refractivity contribution in [3.8, 4) is 11.4 Å². The van der Waals surface area contributed by atoms with Gasteiger partial charge < -0.3 is 9.64 Å². The van der Waals surface area contributed by atoms with Crippen LogP contribution < -0.4 is 4.74 Å². The van der Waals surface area contributed by atoms with E-state index >= 15 is 0 Å². The third-order valence-electron chi connectivity index (χ3n) is 5.91. The van der Waals surface area contributed by atoms with Gasteiger partial charge in [-0.3, -0.25) is 9.59 Å². The number of rotatable bonds is 2. The first kappa shape index (κ1) is 18.5. The number of aromatic nitrogens is 4. The number of amides is 1. The smallest absolute Gasteiger partial charge is 0.253 e. The highest BCUT2D eigenvalue weighted by molar-refractivity contribution is 6.00. The molecule has 1 spiro atoms. The molecular weight excluding hydrogens is 382 g/mol. The van der Waals surface area contributed by atoms with Crippen molar-refractivity contribution < 1.29 is 14.3 Å². The highest BCUT2D eigenvalue weighted by atomic mass is 16.5. The first-order chi connectivity index (χ1) is 14.6. The topological polar surface area (TPSA) is 90.2 Å². The molecule has 2 aromatic carbocycles. The zero-order valence-corrected chi connectivity index (χ0v) is 16.4. The van der Waals surface area contributed by atoms with Crippen LogP contribution in [0, 0.1) is 0 Å². The van der Waals surface area contributed by atoms with E-state index < -0.39 is 5.60 Å². The van der Waals surface area contributed by atoms with Gasteiger partial charge in [0.05, 0.1) is 17.7 Å². The number of likely N-dealkylation sites (tertiary alicyclic amines) is 1. The van der Waals surface area contributed by atoms with Crippen molar-refractivity contribution >= 4 is 11.7 Å². The molecule has 8 heteroatoms. The van der Waals surface area contributed by atoms with E-state index in [1.807, 2.05) is 41.3 Å². The average Bonchev–Trinajstić information content (AvgIpc) is 3.24. The highest BCUT2D eigenvalue weighted by Gasteiger charge is 2.42. The molecule has 0 radical (unpaired) electrons. The fraction of sp³-hybridized carbons (Fsp3) is 0.318. The largest absolute Gasteiger partial charge is 0.486 e. The summed E-state index contributed by atoms with van der Waals surface area (Å²) in [5, 5.41) is 11.1. The van der Waals surface area contributed by atoms with Gasteiger partial charge in [-0.15, -0.1) is 5.10 Å². The Morgan fingerprint density at radius 1 is 1.03 bits per heavy atom. The Labute approximate surface area is 173 Å². The number of carbonyl (C=O) groups excluding carboxylic acids is 2. The molecule has 1 aromatic heterocycles. The Balaban J connectivity index is 1.30. The van der Waals surface area contributed by atoms with E-state index in [9.17, 15) is 9.59 Å². The van der Waals surface area contributed by atoms with E-state index in [1.165, 1.54) is 6.33 Å². The van der Waals surface area contributed by atoms with E-state index in [-0.39, 0.29) is 11.7 Å². The normalized spacial score (nSPS) is 21.1. The van der Waals surface area contributed by atoms with Crippen LogP contribution in [-0.2, 0) is 0 Å². The van der Waals surface area contributed by atoms with Crippen LogP contribution in [0.15, 0.2) is 54.9 Å². The fourth-order valence-electron chi connectivity index (χ4n) is 4.31. The van der Waals surface area contributed by atoms with Crippen molar-refractivity contribution in [1.29, 1.82) is 0 Å². The maximum atomic E-state index is 13.1. The summed E-state index contributed by atoms with van der Waals surface area (Å²) in [6, 6.07) is 14.6. The number of para-hydroxylation sites is 1. The van der Waals surface area contributed by atoms with Gasteiger partial charge >= 0.3 is 0 Å². The Hall–Kier alpha value is -3.55. The van der Waals surface area contributed by atoms with Crippen LogP contribution in [0.25, 0.3) is 5.69 Å². The zero-order chi connectivity index (χ0) is 20.6. The summed E-state index contributed by atoms with van der Waals surface area (Å²) >= 11 is 0. The number of ether oxygens (including phenoxy) is 1. The predicted molar refractivity (Wildman–Crippen MR) is 108 cm³/mol. The van der Waals surface area contributed by atoms with Gasteiger partial charge in [0.1, 0.15) is 17.7 Å². The van der Waals surface area contributed by atoms with Gasteiger partial charge in [0.25, 0.3) is 5.91 Å². The third kappa shape index (κ3) is 3.34. The molecule has 1 saturated heterocycles. The predicted octanol–water partition coefficient (Wildman–Crippen LogP) is 2.69. The average molecular weight is 403 g/mol. The van der Waals surface area contributed by atoms with Crippen LogP contribution in [0.5, 0.6) is 5.75 Å². The molecule has 0 bridgehead atoms. The van der Waals surface area contributed by atoms with Gasteiger partial charge in [0, 0.05) is 25.1 Å². The lowest BCUT2D eigenvalue weighted by Crippen LogP contribution is -2.43. The summed E-state index contributed by atoms with van der Waals surface area (Å²) < 4.78 is 7.86. The molecular formula is C22H21N5O3. The second-order valence-electron chi connectivity index (χ2n) is 7.83. The molecule has 1 amide bonds. The Kier molecular flexibility index (Phi) is 4.54. The first-order valence-corrected chi connectivity index (χ1v) is 10.1. The molecule has 2 aliphatic rings. The molecule has 3 aromatic rings. The number of tetrazole rings is 1. The molecule has 2 aliphatic heterocycles. The summed E-state index contributed by atoms with van der Waals surface area (Å²) in [6.07, 6.45) is 4.07. The molecule has 0 N–H and O–H groups in total. The molecule has 30 heavy (non-hydrogen) atoms. The summed E-state index contributed by atoms with van der Waals surface area (Å²) in [6.45, 7) is 1.21. The Bertz CT molecular complexity index is 1080. The number of benzene rings is 2. The van der Waals surface area contributed by atoms with Crippen molar-refractivity contribution in [1.82, 2.24) is 25.1 Å². The summed E-state index contributed by atoms with van der Waals surface area (Å²) in [5.74, 6) is 0.763. The summed E-state index contributed by atoms with van der Waals surface area (Å²) in [5.41, 5.74) is 1.54. The number of Topliss-reactive ketones (excluding diaryl/α,β-unsaturated/α-hetero) is 1. The van der Waals surface area contributed by atoms with Crippen molar-refractivity contribution in [2.45, 2.75) is 31.3 Å². The maximum Gasteiger partial charge on any atom is 0.253 e. The van der Waals surface area contributed by atoms with Crippen LogP contribution >= 0.6 is 0 Å². The molecule has 1 fully saturated rings. The second-order valence-corrected chi connectivity index (χ2v) is 7.83. The lowest BCUT2D eigenvalue weighted by atomic mass is 9.84. The van der Waals surface area contributed by atoms with Crippen LogP contribution in [0.3, 0.4) is 0 Å². The molecule has 0 aliphatic carbocycles. The van der Waals surface area contributed by atoms with E-state index in [2.05, 4.69) is 15.5 Å². The third-order valence-corrected chi connectivity index (χ3v) is 5.91. The Morgan fingerprint density at radius 3 is 2.67 bits per heavy atom. The van der Waals surface area contributed by atoms with E-state index in [4.69, 9.17) is 4.74 Å². The molecule has 8 nitrogen and oxygen atoms in total. The number of ketones is 1.